The molecule has 0 spiro atoms. The molecule has 0 aliphatic heterocycles. The molecular formula is C14H10Cu2O7. The molecule has 0 unspecified atom stereocenters. The summed E-state index contributed by atoms with van der Waals surface area (Å²) in [5, 5.41) is 38.0. The van der Waals surface area contributed by atoms with E-state index in [1.54, 1.807) is 12.1 Å². The summed E-state index contributed by atoms with van der Waals surface area (Å²) < 4.78 is 0. The Morgan fingerprint density at radius 1 is 0.696 bits per heavy atom. The Hall–Kier alpha value is -2.02. The molecule has 0 aliphatic rings. The molecule has 0 aromatic heterocycles. The number of hydrogen-bond donors (Lipinski definition) is 2. The SMILES string of the molecule is O=C([O-])c1ccccc1O.O=C([O-])c1ccccc1O.[Cu+2].[Cu+2].[O-2]. The van der Waals surface area contributed by atoms with Crippen LogP contribution < -0.4 is 10.2 Å². The van der Waals surface area contributed by atoms with Crippen molar-refractivity contribution in [3.05, 3.63) is 59.7 Å². The molecule has 0 saturated carbocycles. The van der Waals surface area contributed by atoms with Crippen molar-refractivity contribution in [3.63, 3.8) is 0 Å². The van der Waals surface area contributed by atoms with Gasteiger partial charge < -0.3 is 35.5 Å². The molecule has 0 saturated heterocycles. The zero-order valence-corrected chi connectivity index (χ0v) is 13.0. The number of hydrogen-bond acceptors (Lipinski definition) is 6. The molecule has 2 aromatic carbocycles. The first-order valence-electron chi connectivity index (χ1n) is 5.42. The summed E-state index contributed by atoms with van der Waals surface area (Å²) in [5.41, 5.74) is -0.356. The van der Waals surface area contributed by atoms with Crippen molar-refractivity contribution >= 4 is 11.9 Å². The summed E-state index contributed by atoms with van der Waals surface area (Å²) in [6.45, 7) is 0. The number of carboxylic acid groups (broad SMARTS) is 2. The Morgan fingerprint density at radius 3 is 1.13 bits per heavy atom. The number of para-hydroxylation sites is 2. The smallest absolute Gasteiger partial charge is 2.00 e. The van der Waals surface area contributed by atoms with E-state index in [1.165, 1.54) is 36.4 Å². The predicted octanol–water partition coefficient (Wildman–Crippen LogP) is -0.612. The molecule has 7 nitrogen and oxygen atoms in total. The van der Waals surface area contributed by atoms with Gasteiger partial charge in [0.05, 0.1) is 11.9 Å². The van der Waals surface area contributed by atoms with Crippen molar-refractivity contribution in [3.8, 4) is 11.5 Å². The van der Waals surface area contributed by atoms with E-state index in [2.05, 4.69) is 0 Å². The molecule has 0 atom stereocenters. The van der Waals surface area contributed by atoms with Gasteiger partial charge in [-0.3, -0.25) is 0 Å². The van der Waals surface area contributed by atoms with Crippen LogP contribution in [-0.2, 0) is 39.6 Å². The third-order valence-electron chi connectivity index (χ3n) is 2.25. The first-order chi connectivity index (χ1) is 9.43. The number of phenols is 2. The third kappa shape index (κ3) is 8.25. The minimum Gasteiger partial charge on any atom is -2.00 e. The summed E-state index contributed by atoms with van der Waals surface area (Å²) >= 11 is 0. The number of carboxylic acids is 2. The fraction of sp³-hybridized carbons (Fsp3) is 0. The van der Waals surface area contributed by atoms with Gasteiger partial charge in [-0.25, -0.2) is 0 Å². The molecule has 2 N–H and O–H groups in total. The van der Waals surface area contributed by atoms with Gasteiger partial charge in [-0.05, 0) is 24.3 Å². The second-order valence-electron chi connectivity index (χ2n) is 3.61. The normalized spacial score (nSPS) is 8.00. The van der Waals surface area contributed by atoms with Gasteiger partial charge in [-0.2, -0.15) is 0 Å². The zero-order chi connectivity index (χ0) is 15.1. The van der Waals surface area contributed by atoms with Crippen LogP contribution in [0.2, 0.25) is 0 Å². The molecule has 0 heterocycles. The van der Waals surface area contributed by atoms with Crippen molar-refractivity contribution in [1.82, 2.24) is 0 Å². The molecule has 2 rings (SSSR count). The molecular weight excluding hydrogens is 407 g/mol. The van der Waals surface area contributed by atoms with Gasteiger partial charge >= 0.3 is 34.1 Å². The quantitative estimate of drug-likeness (QED) is 0.623. The van der Waals surface area contributed by atoms with Gasteiger partial charge in [0.1, 0.15) is 11.5 Å². The number of benzene rings is 2. The molecule has 23 heavy (non-hydrogen) atoms. The topological polar surface area (TPSA) is 149 Å². The minimum absolute atomic E-state index is 0. The Bertz CT molecular complexity index is 577. The maximum Gasteiger partial charge on any atom is 2.00 e. The second kappa shape index (κ2) is 12.5. The minimum atomic E-state index is -1.36. The van der Waals surface area contributed by atoms with Crippen molar-refractivity contribution in [2.45, 2.75) is 0 Å². The average Bonchev–Trinajstić information content (AvgIpc) is 2.40. The van der Waals surface area contributed by atoms with Crippen molar-refractivity contribution in [2.24, 2.45) is 0 Å². The molecule has 2 radical (unpaired) electrons. The molecule has 0 fully saturated rings. The van der Waals surface area contributed by atoms with E-state index >= 15 is 0 Å². The van der Waals surface area contributed by atoms with E-state index in [1.807, 2.05) is 0 Å². The van der Waals surface area contributed by atoms with Crippen LogP contribution in [0.15, 0.2) is 48.5 Å². The molecule has 130 valence electrons. The Labute approximate surface area is 152 Å². The maximum absolute atomic E-state index is 10.2. The van der Waals surface area contributed by atoms with Gasteiger partial charge in [0, 0.05) is 11.1 Å². The largest absolute Gasteiger partial charge is 2.00 e. The fourth-order valence-electron chi connectivity index (χ4n) is 1.29. The maximum atomic E-state index is 10.2. The van der Waals surface area contributed by atoms with Crippen LogP contribution in [0.3, 0.4) is 0 Å². The summed E-state index contributed by atoms with van der Waals surface area (Å²) in [6, 6.07) is 11.3. The van der Waals surface area contributed by atoms with E-state index in [-0.39, 0.29) is 62.2 Å². The Kier molecular flexibility index (Phi) is 14.1. The molecule has 0 aliphatic carbocycles. The second-order valence-corrected chi connectivity index (χ2v) is 3.61. The summed E-state index contributed by atoms with van der Waals surface area (Å²) in [4.78, 5) is 20.3. The van der Waals surface area contributed by atoms with Crippen LogP contribution in [0.1, 0.15) is 20.7 Å². The van der Waals surface area contributed by atoms with E-state index in [0.29, 0.717) is 0 Å². The molecule has 0 bridgehead atoms. The number of carbonyl (C=O) groups excluding carboxylic acids is 2. The Morgan fingerprint density at radius 2 is 0.957 bits per heavy atom. The van der Waals surface area contributed by atoms with Crippen molar-refractivity contribution < 1.29 is 69.6 Å². The van der Waals surface area contributed by atoms with E-state index < -0.39 is 11.9 Å². The van der Waals surface area contributed by atoms with E-state index in [4.69, 9.17) is 10.2 Å². The summed E-state index contributed by atoms with van der Waals surface area (Å²) in [5.74, 6) is -3.25. The van der Waals surface area contributed by atoms with Crippen LogP contribution >= 0.6 is 0 Å². The average molecular weight is 417 g/mol. The van der Waals surface area contributed by atoms with Gasteiger partial charge in [0.15, 0.2) is 0 Å². The van der Waals surface area contributed by atoms with Crippen molar-refractivity contribution in [1.29, 1.82) is 0 Å². The molecule has 9 heteroatoms. The van der Waals surface area contributed by atoms with E-state index in [0.717, 1.165) is 0 Å². The van der Waals surface area contributed by atoms with Crippen LogP contribution in [0.5, 0.6) is 11.5 Å². The van der Waals surface area contributed by atoms with Crippen LogP contribution in [-0.4, -0.2) is 22.2 Å². The zero-order valence-electron chi connectivity index (χ0n) is 11.2. The summed E-state index contributed by atoms with van der Waals surface area (Å²) in [7, 11) is 0. The number of aromatic carboxylic acids is 2. The monoisotopic (exact) mass is 416 g/mol. The van der Waals surface area contributed by atoms with Crippen LogP contribution in [0, 0.1) is 0 Å². The molecule has 2 aromatic rings. The standard InChI is InChI=1S/2C7H6O3.2Cu.O/c2*8-6-4-2-1-3-5(6)7(9)10;;;/h2*1-4,8H,(H,9,10);;;/q;;2*+2;-2/p-2. The van der Waals surface area contributed by atoms with Crippen LogP contribution in [0.25, 0.3) is 0 Å². The first kappa shape index (κ1) is 25.9. The van der Waals surface area contributed by atoms with Gasteiger partial charge in [0.2, 0.25) is 0 Å². The van der Waals surface area contributed by atoms with E-state index in [9.17, 15) is 19.8 Å². The van der Waals surface area contributed by atoms with Gasteiger partial charge in [-0.15, -0.1) is 0 Å². The first-order valence-corrected chi connectivity index (χ1v) is 5.42. The third-order valence-corrected chi connectivity index (χ3v) is 2.25. The summed E-state index contributed by atoms with van der Waals surface area (Å²) in [6.07, 6.45) is 0. The number of rotatable bonds is 2. The number of carbonyl (C=O) groups is 2. The van der Waals surface area contributed by atoms with Crippen LogP contribution in [0.4, 0.5) is 0 Å². The van der Waals surface area contributed by atoms with Gasteiger partial charge in [-0.1, -0.05) is 24.3 Å². The Balaban J connectivity index is -0.000000308. The van der Waals surface area contributed by atoms with Gasteiger partial charge in [0.25, 0.3) is 0 Å². The van der Waals surface area contributed by atoms with Crippen molar-refractivity contribution in [2.75, 3.05) is 0 Å². The fourth-order valence-corrected chi connectivity index (χ4v) is 1.29. The molecule has 0 amide bonds. The number of aromatic hydroxyl groups is 2. The predicted molar refractivity (Wildman–Crippen MR) is 65.6 cm³/mol.